The number of carbonyl (C=O) groups excluding carboxylic acids is 3. The first kappa shape index (κ1) is 25.2. The molecule has 0 aliphatic carbocycles. The highest BCUT2D eigenvalue weighted by atomic mass is 16.5. The fraction of sp³-hybridized carbons (Fsp3) is 0.231. The Morgan fingerprint density at radius 3 is 2.60 bits per heavy atom. The van der Waals surface area contributed by atoms with Gasteiger partial charge in [-0.25, -0.2) is 0 Å². The van der Waals surface area contributed by atoms with Crippen molar-refractivity contribution in [2.75, 3.05) is 13.7 Å². The summed E-state index contributed by atoms with van der Waals surface area (Å²) in [6, 6.07) is 12.5. The highest BCUT2D eigenvalue weighted by Gasteiger charge is 2.17. The molecule has 0 saturated heterocycles. The molecular formula is C26H29N5O4. The molecule has 182 valence electrons. The number of nitrogens with one attached hydrogen (secondary N) is 3. The molecule has 0 saturated carbocycles. The second kappa shape index (κ2) is 11.6. The van der Waals surface area contributed by atoms with Gasteiger partial charge in [-0.15, -0.1) is 0 Å². The summed E-state index contributed by atoms with van der Waals surface area (Å²) < 4.78 is 7.19. The van der Waals surface area contributed by atoms with Crippen LogP contribution in [0.4, 0.5) is 0 Å². The lowest BCUT2D eigenvalue weighted by atomic mass is 10.0. The smallest absolute Gasteiger partial charge is 0.252 e. The molecule has 35 heavy (non-hydrogen) atoms. The van der Waals surface area contributed by atoms with Crippen molar-refractivity contribution in [3.8, 4) is 16.9 Å². The minimum absolute atomic E-state index is 0.144. The maximum atomic E-state index is 13.1. The monoisotopic (exact) mass is 475 g/mol. The van der Waals surface area contributed by atoms with Gasteiger partial charge in [0.25, 0.3) is 5.91 Å². The molecule has 9 heteroatoms. The number of ether oxygens (including phenoxy) is 1. The largest absolute Gasteiger partial charge is 0.497 e. The fourth-order valence-corrected chi connectivity index (χ4v) is 3.48. The lowest BCUT2D eigenvalue weighted by Crippen LogP contribution is -2.36. The van der Waals surface area contributed by atoms with Crippen LogP contribution < -0.4 is 20.7 Å². The summed E-state index contributed by atoms with van der Waals surface area (Å²) in [5.74, 6) is -0.400. The molecule has 0 spiro atoms. The molecule has 1 heterocycles. The van der Waals surface area contributed by atoms with E-state index in [1.807, 2.05) is 38.4 Å². The van der Waals surface area contributed by atoms with Gasteiger partial charge < -0.3 is 20.7 Å². The van der Waals surface area contributed by atoms with Crippen LogP contribution in [0.25, 0.3) is 11.1 Å². The number of nitrogens with zero attached hydrogens (tertiary/aromatic N) is 2. The van der Waals surface area contributed by atoms with E-state index in [4.69, 9.17) is 4.74 Å². The quantitative estimate of drug-likeness (QED) is 0.390. The highest BCUT2D eigenvalue weighted by molar-refractivity contribution is 5.96. The summed E-state index contributed by atoms with van der Waals surface area (Å²) >= 11 is 0. The van der Waals surface area contributed by atoms with Crippen molar-refractivity contribution in [2.24, 2.45) is 7.05 Å². The maximum absolute atomic E-state index is 13.1. The van der Waals surface area contributed by atoms with Gasteiger partial charge in [0.15, 0.2) is 0 Å². The average Bonchev–Trinajstić information content (AvgIpc) is 3.31. The van der Waals surface area contributed by atoms with E-state index in [1.54, 1.807) is 42.3 Å². The number of amides is 3. The second-order valence-corrected chi connectivity index (χ2v) is 7.95. The number of aryl methyl sites for hydroxylation is 1. The minimum Gasteiger partial charge on any atom is -0.497 e. The third kappa shape index (κ3) is 6.80. The second-order valence-electron chi connectivity index (χ2n) is 7.95. The summed E-state index contributed by atoms with van der Waals surface area (Å²) in [6.07, 6.45) is 4.78. The number of aromatic nitrogens is 2. The minimum atomic E-state index is -0.432. The van der Waals surface area contributed by atoms with Crippen LogP contribution in [0.3, 0.4) is 0 Å². The highest BCUT2D eigenvalue weighted by Crippen LogP contribution is 2.29. The molecular weight excluding hydrogens is 446 g/mol. The Hall–Kier alpha value is -4.40. The van der Waals surface area contributed by atoms with Gasteiger partial charge in [-0.05, 0) is 54.0 Å². The Kier molecular flexibility index (Phi) is 8.39. The Labute approximate surface area is 204 Å². The van der Waals surface area contributed by atoms with Gasteiger partial charge in [0.05, 0.1) is 25.9 Å². The summed E-state index contributed by atoms with van der Waals surface area (Å²) in [7, 11) is 3.45. The van der Waals surface area contributed by atoms with Crippen LogP contribution in [0.2, 0.25) is 0 Å². The van der Waals surface area contributed by atoms with Crippen LogP contribution in [-0.2, 0) is 23.2 Å². The van der Waals surface area contributed by atoms with Crippen LogP contribution in [0.1, 0.15) is 34.5 Å². The molecule has 0 fully saturated rings. The molecule has 1 atom stereocenters. The van der Waals surface area contributed by atoms with Crippen molar-refractivity contribution < 1.29 is 19.1 Å². The van der Waals surface area contributed by atoms with Crippen molar-refractivity contribution in [1.82, 2.24) is 25.7 Å². The zero-order chi connectivity index (χ0) is 25.4. The SMILES string of the molecule is C=CC(=O)NCC(=O)NCc1ccccc1C(=O)N[C@H](C)c1cc(OC)cc(-c2cnn(C)c2)c1. The van der Waals surface area contributed by atoms with E-state index in [0.717, 1.165) is 22.8 Å². The summed E-state index contributed by atoms with van der Waals surface area (Å²) in [6.45, 7) is 5.20. The van der Waals surface area contributed by atoms with E-state index >= 15 is 0 Å². The third-order valence-corrected chi connectivity index (χ3v) is 5.40. The first-order valence-corrected chi connectivity index (χ1v) is 11.0. The van der Waals surface area contributed by atoms with Crippen LogP contribution in [-0.4, -0.2) is 41.2 Å². The van der Waals surface area contributed by atoms with E-state index < -0.39 is 5.91 Å². The fourth-order valence-electron chi connectivity index (χ4n) is 3.48. The van der Waals surface area contributed by atoms with E-state index in [1.165, 1.54) is 0 Å². The molecule has 0 radical (unpaired) electrons. The molecule has 3 N–H and O–H groups in total. The van der Waals surface area contributed by atoms with Gasteiger partial charge >= 0.3 is 0 Å². The van der Waals surface area contributed by atoms with E-state index in [-0.39, 0.29) is 30.9 Å². The molecule has 2 aromatic carbocycles. The molecule has 9 nitrogen and oxygen atoms in total. The zero-order valence-electron chi connectivity index (χ0n) is 20.0. The number of rotatable bonds is 10. The molecule has 0 unspecified atom stereocenters. The van der Waals surface area contributed by atoms with Crippen molar-refractivity contribution in [2.45, 2.75) is 19.5 Å². The predicted molar refractivity (Wildman–Crippen MR) is 133 cm³/mol. The van der Waals surface area contributed by atoms with Crippen molar-refractivity contribution in [3.63, 3.8) is 0 Å². The van der Waals surface area contributed by atoms with Crippen molar-refractivity contribution in [3.05, 3.63) is 84.2 Å². The Bertz CT molecular complexity index is 1230. The molecule has 1 aromatic heterocycles. The Morgan fingerprint density at radius 1 is 1.14 bits per heavy atom. The zero-order valence-corrected chi connectivity index (χ0v) is 20.0. The summed E-state index contributed by atoms with van der Waals surface area (Å²) in [4.78, 5) is 36.4. The lowest BCUT2D eigenvalue weighted by Gasteiger charge is -2.18. The predicted octanol–water partition coefficient (Wildman–Crippen LogP) is 2.51. The van der Waals surface area contributed by atoms with Gasteiger partial charge in [-0.3, -0.25) is 19.1 Å². The number of carbonyl (C=O) groups is 3. The standard InChI is InChI=1S/C26H29N5O4/c1-5-24(32)28-15-25(33)27-13-18-8-6-7-9-23(18)26(34)30-17(2)19-10-20(12-22(11-19)35-4)21-14-29-31(3)16-21/h5-12,14,16-17H,1,13,15H2,2-4H3,(H,27,33)(H,28,32)(H,30,34)/t17-/m1/s1. The topological polar surface area (TPSA) is 114 Å². The molecule has 0 aliphatic rings. The molecule has 0 bridgehead atoms. The third-order valence-electron chi connectivity index (χ3n) is 5.40. The number of hydrogen-bond acceptors (Lipinski definition) is 5. The van der Waals surface area contributed by atoms with Crippen molar-refractivity contribution >= 4 is 17.7 Å². The number of methoxy groups -OCH3 is 1. The van der Waals surface area contributed by atoms with Gasteiger partial charge in [0.1, 0.15) is 5.75 Å². The van der Waals surface area contributed by atoms with Crippen LogP contribution in [0.15, 0.2) is 67.5 Å². The molecule has 0 aliphatic heterocycles. The van der Waals surface area contributed by atoms with Gasteiger partial charge in [0.2, 0.25) is 11.8 Å². The first-order chi connectivity index (χ1) is 16.8. The molecule has 3 rings (SSSR count). The number of hydrogen-bond donors (Lipinski definition) is 3. The normalized spacial score (nSPS) is 11.3. The van der Waals surface area contributed by atoms with Crippen LogP contribution in [0.5, 0.6) is 5.75 Å². The summed E-state index contributed by atoms with van der Waals surface area (Å²) in [5.41, 5.74) is 3.85. The number of benzene rings is 2. The Morgan fingerprint density at radius 2 is 1.91 bits per heavy atom. The van der Waals surface area contributed by atoms with Gasteiger partial charge in [-0.1, -0.05) is 24.8 Å². The molecule has 3 amide bonds. The lowest BCUT2D eigenvalue weighted by molar-refractivity contribution is -0.124. The van der Waals surface area contributed by atoms with E-state index in [0.29, 0.717) is 16.9 Å². The average molecular weight is 476 g/mol. The van der Waals surface area contributed by atoms with Gasteiger partial charge in [0, 0.05) is 30.9 Å². The Balaban J connectivity index is 1.72. The first-order valence-electron chi connectivity index (χ1n) is 11.0. The maximum Gasteiger partial charge on any atom is 0.252 e. The molecule has 3 aromatic rings. The van der Waals surface area contributed by atoms with E-state index in [2.05, 4.69) is 27.6 Å². The van der Waals surface area contributed by atoms with E-state index in [9.17, 15) is 14.4 Å². The van der Waals surface area contributed by atoms with Crippen molar-refractivity contribution in [1.29, 1.82) is 0 Å². The van der Waals surface area contributed by atoms with Crippen LogP contribution in [0, 0.1) is 0 Å². The van der Waals surface area contributed by atoms with Crippen LogP contribution >= 0.6 is 0 Å². The van der Waals surface area contributed by atoms with Gasteiger partial charge in [-0.2, -0.15) is 5.10 Å². The summed E-state index contributed by atoms with van der Waals surface area (Å²) in [5, 5.41) is 12.4.